The van der Waals surface area contributed by atoms with Crippen LogP contribution in [-0.4, -0.2) is 6.54 Å². The summed E-state index contributed by atoms with van der Waals surface area (Å²) < 4.78 is 13.3. The zero-order chi connectivity index (χ0) is 10.6. The van der Waals surface area contributed by atoms with Crippen LogP contribution in [0.4, 0.5) is 10.1 Å². The Balaban J connectivity index is 2.54. The number of halogens is 2. The molecule has 0 saturated carbocycles. The minimum atomic E-state index is -0.363. The van der Waals surface area contributed by atoms with Crippen LogP contribution < -0.4 is 5.32 Å². The Labute approximate surface area is 89.3 Å². The molecule has 0 unspecified atom stereocenters. The minimum Gasteiger partial charge on any atom is -0.383 e. The molecule has 1 aromatic carbocycles. The zero-order valence-corrected chi connectivity index (χ0v) is 9.24. The molecule has 0 amide bonds. The summed E-state index contributed by atoms with van der Waals surface area (Å²) in [6, 6.07) is 4.98. The second-order valence-electron chi connectivity index (χ2n) is 3.71. The van der Waals surface area contributed by atoms with Gasteiger partial charge in [0.05, 0.1) is 10.7 Å². The molecule has 78 valence electrons. The molecule has 1 aromatic rings. The second-order valence-corrected chi connectivity index (χ2v) is 4.12. The lowest BCUT2D eigenvalue weighted by Crippen LogP contribution is -2.06. The molecule has 0 fully saturated rings. The number of rotatable bonds is 4. The van der Waals surface area contributed by atoms with Gasteiger partial charge in [0.1, 0.15) is 0 Å². The van der Waals surface area contributed by atoms with Crippen molar-refractivity contribution in [1.82, 2.24) is 0 Å². The first kappa shape index (κ1) is 11.3. The number of nitrogens with one attached hydrogen (secondary N) is 1. The van der Waals surface area contributed by atoms with Crippen molar-refractivity contribution >= 4 is 17.3 Å². The van der Waals surface area contributed by atoms with Gasteiger partial charge in [0.2, 0.25) is 0 Å². The van der Waals surface area contributed by atoms with Crippen molar-refractivity contribution in [3.8, 4) is 0 Å². The maximum Gasteiger partial charge on any atom is 0.164 e. The smallest absolute Gasteiger partial charge is 0.164 e. The van der Waals surface area contributed by atoms with Crippen LogP contribution in [0.3, 0.4) is 0 Å². The van der Waals surface area contributed by atoms with E-state index in [1.54, 1.807) is 18.2 Å². The molecule has 14 heavy (non-hydrogen) atoms. The molecule has 3 heteroatoms. The third-order valence-corrected chi connectivity index (χ3v) is 2.28. The van der Waals surface area contributed by atoms with Gasteiger partial charge in [0.25, 0.3) is 0 Å². The molecular formula is C11H15ClFN. The standard InChI is InChI=1S/C11H15ClFN/c1-8(2)6-7-14-10-5-3-4-9(12)11(10)13/h3-5,8,14H,6-7H2,1-2H3. The van der Waals surface area contributed by atoms with Crippen molar-refractivity contribution in [2.24, 2.45) is 5.92 Å². The van der Waals surface area contributed by atoms with Crippen LogP contribution >= 0.6 is 11.6 Å². The topological polar surface area (TPSA) is 12.0 Å². The van der Waals surface area contributed by atoms with Gasteiger partial charge in [0.15, 0.2) is 5.82 Å². The van der Waals surface area contributed by atoms with Gasteiger partial charge in [-0.15, -0.1) is 0 Å². The van der Waals surface area contributed by atoms with Crippen LogP contribution in [0.25, 0.3) is 0 Å². The summed E-state index contributed by atoms with van der Waals surface area (Å²) in [4.78, 5) is 0. The van der Waals surface area contributed by atoms with E-state index in [9.17, 15) is 4.39 Å². The van der Waals surface area contributed by atoms with Gasteiger partial charge in [0, 0.05) is 6.54 Å². The Morgan fingerprint density at radius 2 is 2.14 bits per heavy atom. The fourth-order valence-corrected chi connectivity index (χ4v) is 1.31. The van der Waals surface area contributed by atoms with E-state index in [0.717, 1.165) is 13.0 Å². The molecule has 0 radical (unpaired) electrons. The Kier molecular flexibility index (Phi) is 4.21. The van der Waals surface area contributed by atoms with E-state index in [0.29, 0.717) is 11.6 Å². The van der Waals surface area contributed by atoms with E-state index < -0.39 is 0 Å². The number of hydrogen-bond donors (Lipinski definition) is 1. The van der Waals surface area contributed by atoms with Gasteiger partial charge < -0.3 is 5.32 Å². The molecule has 0 aromatic heterocycles. The molecule has 1 N–H and O–H groups in total. The van der Waals surface area contributed by atoms with Crippen molar-refractivity contribution in [1.29, 1.82) is 0 Å². The second kappa shape index (κ2) is 5.20. The Morgan fingerprint density at radius 3 is 2.79 bits per heavy atom. The molecular weight excluding hydrogens is 201 g/mol. The number of hydrogen-bond acceptors (Lipinski definition) is 1. The summed E-state index contributed by atoms with van der Waals surface area (Å²) in [5.41, 5.74) is 0.484. The summed E-state index contributed by atoms with van der Waals surface area (Å²) >= 11 is 5.64. The molecule has 0 aliphatic heterocycles. The third kappa shape index (κ3) is 3.18. The molecule has 0 atom stereocenters. The SMILES string of the molecule is CC(C)CCNc1cccc(Cl)c1F. The molecule has 0 bridgehead atoms. The molecule has 0 aliphatic carbocycles. The lowest BCUT2D eigenvalue weighted by Gasteiger charge is -2.09. The van der Waals surface area contributed by atoms with Gasteiger partial charge in [-0.3, -0.25) is 0 Å². The molecule has 0 heterocycles. The van der Waals surface area contributed by atoms with E-state index in [2.05, 4.69) is 19.2 Å². The zero-order valence-electron chi connectivity index (χ0n) is 8.48. The normalized spacial score (nSPS) is 10.6. The molecule has 0 saturated heterocycles. The number of anilines is 1. The van der Waals surface area contributed by atoms with Gasteiger partial charge in [-0.05, 0) is 24.5 Å². The van der Waals surface area contributed by atoms with Crippen molar-refractivity contribution in [3.05, 3.63) is 29.0 Å². The lowest BCUT2D eigenvalue weighted by molar-refractivity contribution is 0.600. The Hall–Kier alpha value is -0.760. The monoisotopic (exact) mass is 215 g/mol. The fraction of sp³-hybridized carbons (Fsp3) is 0.455. The number of benzene rings is 1. The first-order valence-corrected chi connectivity index (χ1v) is 5.17. The van der Waals surface area contributed by atoms with Gasteiger partial charge in [-0.25, -0.2) is 4.39 Å². The van der Waals surface area contributed by atoms with E-state index in [-0.39, 0.29) is 10.8 Å². The molecule has 1 nitrogen and oxygen atoms in total. The van der Waals surface area contributed by atoms with Crippen molar-refractivity contribution in [2.75, 3.05) is 11.9 Å². The quantitative estimate of drug-likeness (QED) is 0.803. The summed E-state index contributed by atoms with van der Waals surface area (Å²) in [6.07, 6.45) is 1.02. The predicted molar refractivity (Wildman–Crippen MR) is 59.4 cm³/mol. The molecule has 1 rings (SSSR count). The first-order chi connectivity index (χ1) is 6.61. The fourth-order valence-electron chi connectivity index (χ4n) is 1.14. The lowest BCUT2D eigenvalue weighted by atomic mass is 10.1. The highest BCUT2D eigenvalue weighted by atomic mass is 35.5. The third-order valence-electron chi connectivity index (χ3n) is 1.99. The Bertz CT molecular complexity index is 299. The summed E-state index contributed by atoms with van der Waals surface area (Å²) in [7, 11) is 0. The Morgan fingerprint density at radius 1 is 1.43 bits per heavy atom. The van der Waals surface area contributed by atoms with E-state index >= 15 is 0 Å². The van der Waals surface area contributed by atoms with Crippen LogP contribution in [0.5, 0.6) is 0 Å². The maximum atomic E-state index is 13.3. The molecule has 0 spiro atoms. The van der Waals surface area contributed by atoms with E-state index in [4.69, 9.17) is 11.6 Å². The van der Waals surface area contributed by atoms with Crippen LogP contribution in [0.1, 0.15) is 20.3 Å². The van der Waals surface area contributed by atoms with Crippen molar-refractivity contribution in [3.63, 3.8) is 0 Å². The summed E-state index contributed by atoms with van der Waals surface area (Å²) in [5, 5.41) is 3.19. The van der Waals surface area contributed by atoms with Crippen molar-refractivity contribution < 1.29 is 4.39 Å². The summed E-state index contributed by atoms with van der Waals surface area (Å²) in [6.45, 7) is 5.04. The van der Waals surface area contributed by atoms with E-state index in [1.165, 1.54) is 0 Å². The summed E-state index contributed by atoms with van der Waals surface area (Å²) in [5.74, 6) is 0.252. The van der Waals surface area contributed by atoms with Crippen molar-refractivity contribution in [2.45, 2.75) is 20.3 Å². The molecule has 0 aliphatic rings. The average Bonchev–Trinajstić information content (AvgIpc) is 2.12. The predicted octanol–water partition coefficient (Wildman–Crippen LogP) is 3.94. The van der Waals surface area contributed by atoms with Crippen LogP contribution in [-0.2, 0) is 0 Å². The van der Waals surface area contributed by atoms with Crippen LogP contribution in [0.2, 0.25) is 5.02 Å². The largest absolute Gasteiger partial charge is 0.383 e. The van der Waals surface area contributed by atoms with Crippen LogP contribution in [0, 0.1) is 11.7 Å². The minimum absolute atomic E-state index is 0.166. The highest BCUT2D eigenvalue weighted by molar-refractivity contribution is 6.31. The van der Waals surface area contributed by atoms with Crippen LogP contribution in [0.15, 0.2) is 18.2 Å². The average molecular weight is 216 g/mol. The van der Waals surface area contributed by atoms with E-state index in [1.807, 2.05) is 0 Å². The van der Waals surface area contributed by atoms with Gasteiger partial charge >= 0.3 is 0 Å². The maximum absolute atomic E-state index is 13.3. The highest BCUT2D eigenvalue weighted by Crippen LogP contribution is 2.21. The van der Waals surface area contributed by atoms with Gasteiger partial charge in [-0.1, -0.05) is 31.5 Å². The van der Waals surface area contributed by atoms with Gasteiger partial charge in [-0.2, -0.15) is 0 Å². The highest BCUT2D eigenvalue weighted by Gasteiger charge is 2.04. The first-order valence-electron chi connectivity index (χ1n) is 4.79.